The maximum absolute atomic E-state index is 7.15. The van der Waals surface area contributed by atoms with Gasteiger partial charge in [0.2, 0.25) is 11.4 Å². The topological polar surface area (TPSA) is 32.0 Å². The number of fused-ring (bicyclic) bond motifs is 10. The maximum Gasteiger partial charge on any atom is 0.225 e. The van der Waals surface area contributed by atoms with Crippen molar-refractivity contribution in [3.8, 4) is 23.0 Å². The van der Waals surface area contributed by atoms with E-state index < -0.39 is 0 Å². The summed E-state index contributed by atoms with van der Waals surface area (Å²) in [6.45, 7) is 16.1. The zero-order valence-electron chi connectivity index (χ0n) is 36.0. The van der Waals surface area contributed by atoms with Crippen LogP contribution in [0.3, 0.4) is 0 Å². The van der Waals surface area contributed by atoms with Crippen LogP contribution in [0.5, 0.6) is 11.5 Å². The Labute approximate surface area is 362 Å². The van der Waals surface area contributed by atoms with Gasteiger partial charge in [-0.1, -0.05) is 120 Å². The second-order valence-electron chi connectivity index (χ2n) is 19.1. The summed E-state index contributed by atoms with van der Waals surface area (Å²) in [5.74, 6) is 2.43. The molecule has 0 N–H and O–H groups in total. The van der Waals surface area contributed by atoms with Crippen LogP contribution >= 0.6 is 0 Å². The van der Waals surface area contributed by atoms with E-state index in [9.17, 15) is 0 Å². The molecule has 2 aliphatic heterocycles. The van der Waals surface area contributed by atoms with Crippen molar-refractivity contribution in [1.82, 2.24) is 23.3 Å². The first-order chi connectivity index (χ1) is 30.0. The molecule has 2 aliphatic rings. The molecule has 5 heterocycles. The average Bonchev–Trinajstić information content (AvgIpc) is 3.56. The molecule has 1 fully saturated rings. The molecule has 1 saturated heterocycles. The van der Waals surface area contributed by atoms with Crippen molar-refractivity contribution in [3.63, 3.8) is 0 Å². The van der Waals surface area contributed by atoms with Crippen LogP contribution in [-0.4, -0.2) is 14.1 Å². The second kappa shape index (κ2) is 12.8. The highest BCUT2D eigenvalue weighted by atomic mass is 16.5. The first-order valence-electron chi connectivity index (χ1n) is 21.6. The molecule has 12 rings (SSSR count). The first kappa shape index (κ1) is 36.8. The van der Waals surface area contributed by atoms with Gasteiger partial charge in [-0.05, 0) is 64.4 Å². The lowest BCUT2D eigenvalue weighted by atomic mass is 9.87. The predicted octanol–water partition coefficient (Wildman–Crippen LogP) is 15.0. The molecule has 0 spiro atoms. The van der Waals surface area contributed by atoms with E-state index in [1.165, 1.54) is 44.3 Å². The lowest BCUT2D eigenvalue weighted by molar-refractivity contribution is 0.423. The predicted molar refractivity (Wildman–Crippen MR) is 257 cm³/mol. The van der Waals surface area contributed by atoms with Gasteiger partial charge in [-0.25, -0.2) is 4.98 Å². The minimum Gasteiger partial charge on any atom is -0.457 e. The van der Waals surface area contributed by atoms with Gasteiger partial charge >= 0.3 is 0 Å². The van der Waals surface area contributed by atoms with E-state index in [1.54, 1.807) is 0 Å². The highest BCUT2D eigenvalue weighted by molar-refractivity contribution is 6.10. The normalized spacial score (nSPS) is 18.2. The quantitative estimate of drug-likeness (QED) is 0.0952. The van der Waals surface area contributed by atoms with Crippen LogP contribution in [-0.2, 0) is 10.8 Å². The fourth-order valence-electron chi connectivity index (χ4n) is 10.2. The molecule has 2 atom stereocenters. The van der Waals surface area contributed by atoms with E-state index in [2.05, 4.69) is 227 Å². The number of pyridine rings is 1. The Kier molecular flexibility index (Phi) is 7.59. The third kappa shape index (κ3) is 5.14. The molecule has 1 unspecified atom stereocenters. The van der Waals surface area contributed by atoms with Crippen molar-refractivity contribution >= 4 is 66.4 Å². The van der Waals surface area contributed by atoms with Gasteiger partial charge in [0.1, 0.15) is 17.3 Å². The fourth-order valence-corrected chi connectivity index (χ4v) is 10.2. The number of aromatic nitrogens is 3. The highest BCUT2D eigenvalue weighted by Gasteiger charge is 2.78. The third-order valence-corrected chi connectivity index (χ3v) is 13.3. The molecule has 302 valence electrons. The Balaban J connectivity index is 1.07. The summed E-state index contributed by atoms with van der Waals surface area (Å²) in [5, 5.41) is 4.79. The smallest absolute Gasteiger partial charge is 0.225 e. The molecule has 0 aliphatic carbocycles. The minimum absolute atomic E-state index is 0.0140. The van der Waals surface area contributed by atoms with E-state index in [-0.39, 0.29) is 10.8 Å². The minimum atomic E-state index is -0.0204. The molecule has 3 aromatic heterocycles. The zero-order valence-corrected chi connectivity index (χ0v) is 36.0. The van der Waals surface area contributed by atoms with Gasteiger partial charge in [0.05, 0.1) is 27.8 Å². The molecule has 0 saturated carbocycles. The first-order valence-corrected chi connectivity index (χ1v) is 21.6. The van der Waals surface area contributed by atoms with E-state index in [0.29, 0.717) is 9.18 Å². The zero-order chi connectivity index (χ0) is 42.2. The summed E-state index contributed by atoms with van der Waals surface area (Å²) in [5.41, 5.74) is 13.0. The van der Waals surface area contributed by atoms with Crippen LogP contribution in [0.2, 0.25) is 0 Å². The molecule has 0 amide bonds. The number of hydrogen-bond acceptors (Lipinski definition) is 2. The molecule has 6 nitrogen and oxygen atoms in total. The van der Waals surface area contributed by atoms with E-state index in [1.807, 2.05) is 6.20 Å². The highest BCUT2D eigenvalue weighted by Crippen LogP contribution is 2.75. The fraction of sp³-hybridized carbons (Fsp3) is 0.143. The Hall–Kier alpha value is -6.99. The van der Waals surface area contributed by atoms with E-state index >= 15 is 0 Å². The summed E-state index contributed by atoms with van der Waals surface area (Å²) >= 11 is 0. The standard InChI is InChI=1S/C56H48N5O/c1-55(2,3)37-16-15-17-40(30-37)60-36-61(60,53-25-14-13-24-52(53)60)41-32-39(58-48-21-10-7-18-44(48)45-19-8-11-22-49(45)58)33-43(34-41)62-42-26-27-47-46-20-9-12-23-50(46)59(51(47)35-42)54-31-38(28-29-57-54)56(4,5)6/h7-36H,1-6H3/q+1/t60-,61?/m0/s1. The lowest BCUT2D eigenvalue weighted by Gasteiger charge is -2.40. The van der Waals surface area contributed by atoms with Crippen molar-refractivity contribution in [3.05, 3.63) is 194 Å². The molecular formula is C56H48N5O+. The summed E-state index contributed by atoms with van der Waals surface area (Å²) < 4.78 is 13.0. The maximum atomic E-state index is 7.15. The summed E-state index contributed by atoms with van der Waals surface area (Å²) in [6, 6.07) is 61.8. The summed E-state index contributed by atoms with van der Waals surface area (Å²) in [4.78, 5) is 4.94. The monoisotopic (exact) mass is 806 g/mol. The van der Waals surface area contributed by atoms with Crippen molar-refractivity contribution in [1.29, 1.82) is 0 Å². The Morgan fingerprint density at radius 1 is 0.452 bits per heavy atom. The van der Waals surface area contributed by atoms with Crippen molar-refractivity contribution in [2.45, 2.75) is 52.4 Å². The molecule has 0 radical (unpaired) electrons. The molecule has 62 heavy (non-hydrogen) atoms. The Bertz CT molecular complexity index is 3420. The van der Waals surface area contributed by atoms with Gasteiger partial charge in [0.15, 0.2) is 18.0 Å². The van der Waals surface area contributed by atoms with Crippen molar-refractivity contribution in [2.75, 3.05) is 0 Å². The van der Waals surface area contributed by atoms with Gasteiger partial charge in [0.25, 0.3) is 0 Å². The van der Waals surface area contributed by atoms with Crippen LogP contribution in [0, 0.1) is 6.67 Å². The number of hydrogen-bond donors (Lipinski definition) is 0. The lowest BCUT2D eigenvalue weighted by Crippen LogP contribution is -2.46. The van der Waals surface area contributed by atoms with Crippen LogP contribution in [0.25, 0.3) is 55.1 Å². The van der Waals surface area contributed by atoms with Gasteiger partial charge < -0.3 is 9.30 Å². The molecular weight excluding hydrogens is 759 g/mol. The Morgan fingerprint density at radius 2 is 1.02 bits per heavy atom. The molecule has 0 bridgehead atoms. The molecule has 10 aromatic rings. The second-order valence-corrected chi connectivity index (χ2v) is 19.1. The SMILES string of the molecule is CC(C)(C)c1cccc([N@+]23[CH-][N+]2(c2cc(Oc4ccc5c6ccccc6n(-c6cc(C(C)(C)C)ccn6)c5c4)cc(-n4c5ccccc5c5ccccc54)c2)c2ccccc23)c1. The number of benzene rings is 7. The summed E-state index contributed by atoms with van der Waals surface area (Å²) in [7, 11) is 0. The van der Waals surface area contributed by atoms with Gasteiger partial charge in [0, 0.05) is 76.3 Å². The number of quaternary nitrogens is 2. The number of ether oxygens (including phenoxy) is 1. The van der Waals surface area contributed by atoms with Crippen LogP contribution in [0.15, 0.2) is 176 Å². The number of nitrogens with zero attached hydrogens (tertiary/aromatic N) is 5. The van der Waals surface area contributed by atoms with Crippen LogP contribution in [0.1, 0.15) is 52.7 Å². The summed E-state index contributed by atoms with van der Waals surface area (Å²) in [6.07, 6.45) is 1.93. The number of rotatable bonds is 6. The largest absolute Gasteiger partial charge is 0.457 e. The van der Waals surface area contributed by atoms with Crippen molar-refractivity contribution < 1.29 is 4.74 Å². The third-order valence-electron chi connectivity index (χ3n) is 13.3. The average molecular weight is 807 g/mol. The molecule has 6 heteroatoms. The van der Waals surface area contributed by atoms with Gasteiger partial charge in [-0.3, -0.25) is 4.57 Å². The Morgan fingerprint density at radius 3 is 1.66 bits per heavy atom. The van der Waals surface area contributed by atoms with Crippen molar-refractivity contribution in [2.24, 2.45) is 0 Å². The van der Waals surface area contributed by atoms with Crippen LogP contribution < -0.4 is 13.9 Å². The van der Waals surface area contributed by atoms with Gasteiger partial charge in [-0.15, -0.1) is 0 Å². The molecule has 7 aromatic carbocycles. The van der Waals surface area contributed by atoms with Gasteiger partial charge in [-0.2, -0.15) is 9.18 Å². The van der Waals surface area contributed by atoms with E-state index in [0.717, 1.165) is 56.1 Å². The number of para-hydroxylation sites is 5. The van der Waals surface area contributed by atoms with Crippen LogP contribution in [0.4, 0.5) is 22.7 Å². The van der Waals surface area contributed by atoms with E-state index in [4.69, 9.17) is 9.72 Å².